The number of thiazole rings is 1. The molecule has 2 aromatic heterocycles. The van der Waals surface area contributed by atoms with Gasteiger partial charge in [0.15, 0.2) is 0 Å². The average molecular weight is 571 g/mol. The normalized spacial score (nSPS) is 16.2. The molecule has 1 unspecified atom stereocenters. The summed E-state index contributed by atoms with van der Waals surface area (Å²) in [4.78, 5) is 44.4. The molecule has 2 aromatic carbocycles. The Morgan fingerprint density at radius 1 is 1.17 bits per heavy atom. The van der Waals surface area contributed by atoms with E-state index in [2.05, 4.69) is 41.0 Å². The number of hydrogen-bond donors (Lipinski definition) is 1. The van der Waals surface area contributed by atoms with Crippen LogP contribution in [0.15, 0.2) is 59.9 Å². The number of carbonyl (C=O) groups excluding carboxylic acids is 3. The lowest BCUT2D eigenvalue weighted by Gasteiger charge is -2.20. The van der Waals surface area contributed by atoms with E-state index in [4.69, 9.17) is 9.47 Å². The van der Waals surface area contributed by atoms with E-state index in [1.165, 1.54) is 11.8 Å². The molecule has 4 aromatic rings. The Hall–Kier alpha value is -4.44. The highest BCUT2D eigenvalue weighted by Crippen LogP contribution is 2.47. The molecule has 0 saturated carbocycles. The maximum absolute atomic E-state index is 13.7. The zero-order valence-corrected chi connectivity index (χ0v) is 24.3. The lowest BCUT2D eigenvalue weighted by molar-refractivity contribution is -0.139. The first-order valence-corrected chi connectivity index (χ1v) is 14.4. The summed E-state index contributed by atoms with van der Waals surface area (Å²) in [7, 11) is 0. The molecule has 6 rings (SSSR count). The number of rotatable bonds is 6. The number of ether oxygens (including phenoxy) is 2. The van der Waals surface area contributed by atoms with Gasteiger partial charge in [-0.1, -0.05) is 29.5 Å². The minimum Gasteiger partial charge on any atom is -0.462 e. The van der Waals surface area contributed by atoms with Crippen LogP contribution >= 0.6 is 11.3 Å². The van der Waals surface area contributed by atoms with Crippen molar-refractivity contribution in [2.24, 2.45) is 0 Å². The fourth-order valence-corrected chi connectivity index (χ4v) is 6.47. The number of anilines is 1. The van der Waals surface area contributed by atoms with Crippen molar-refractivity contribution in [1.82, 2.24) is 14.5 Å². The molecule has 0 aliphatic carbocycles. The number of hydrogen-bond acceptors (Lipinski definition) is 8. The molecule has 2 aliphatic rings. The van der Waals surface area contributed by atoms with Crippen LogP contribution in [-0.4, -0.2) is 45.4 Å². The first kappa shape index (κ1) is 26.8. The largest absolute Gasteiger partial charge is 0.462 e. The topological polar surface area (TPSA) is 103 Å². The van der Waals surface area contributed by atoms with Crippen molar-refractivity contribution in [3.63, 3.8) is 0 Å². The highest BCUT2D eigenvalue weighted by molar-refractivity contribution is 7.15. The van der Waals surface area contributed by atoms with Crippen LogP contribution in [0.2, 0.25) is 0 Å². The molecule has 210 valence electrons. The van der Waals surface area contributed by atoms with Crippen LogP contribution in [-0.2, 0) is 14.3 Å². The van der Waals surface area contributed by atoms with Crippen molar-refractivity contribution in [1.29, 1.82) is 0 Å². The van der Waals surface area contributed by atoms with Gasteiger partial charge in [0.2, 0.25) is 5.91 Å². The zero-order valence-electron chi connectivity index (χ0n) is 23.5. The highest BCUT2D eigenvalue weighted by atomic mass is 32.1. The van der Waals surface area contributed by atoms with Crippen LogP contribution in [0.1, 0.15) is 66.1 Å². The predicted octanol–water partition coefficient (Wildman–Crippen LogP) is 6.16. The molecule has 2 amide bonds. The van der Waals surface area contributed by atoms with Gasteiger partial charge in [-0.2, -0.15) is 0 Å². The first-order valence-electron chi connectivity index (χ1n) is 13.6. The van der Waals surface area contributed by atoms with Gasteiger partial charge in [0, 0.05) is 41.9 Å². The van der Waals surface area contributed by atoms with Crippen molar-refractivity contribution in [2.75, 3.05) is 18.5 Å². The van der Waals surface area contributed by atoms with Crippen LogP contribution in [0.4, 0.5) is 5.69 Å². The predicted molar refractivity (Wildman–Crippen MR) is 157 cm³/mol. The average Bonchev–Trinajstić information content (AvgIpc) is 3.57. The van der Waals surface area contributed by atoms with E-state index in [9.17, 15) is 14.4 Å². The maximum Gasteiger partial charge on any atom is 0.350 e. The summed E-state index contributed by atoms with van der Waals surface area (Å²) in [6.45, 7) is 9.68. The van der Waals surface area contributed by atoms with Gasteiger partial charge in [0.05, 0.1) is 29.9 Å². The molecule has 0 spiro atoms. The third kappa shape index (κ3) is 4.48. The molecule has 0 bridgehead atoms. The Bertz CT molecular complexity index is 1750. The molecule has 0 saturated heterocycles. The van der Waals surface area contributed by atoms with Crippen LogP contribution in [0.3, 0.4) is 0 Å². The molecule has 1 N–H and O–H groups in total. The maximum atomic E-state index is 13.7. The van der Waals surface area contributed by atoms with E-state index in [1.54, 1.807) is 13.8 Å². The fraction of sp³-hybridized carbons (Fsp3) is 0.290. The van der Waals surface area contributed by atoms with Crippen molar-refractivity contribution in [3.8, 4) is 10.9 Å². The summed E-state index contributed by atoms with van der Waals surface area (Å²) in [5, 5.41) is 4.91. The molecule has 0 radical (unpaired) electrons. The van der Waals surface area contributed by atoms with Crippen molar-refractivity contribution in [2.45, 2.75) is 46.6 Å². The van der Waals surface area contributed by atoms with Crippen molar-refractivity contribution < 1.29 is 23.9 Å². The minimum absolute atomic E-state index is 0.207. The standard InChI is InChI=1S/C31H30N4O5S/c1-6-39-30(38)28-17(4)32-31(41-28)40-20-12-10-19(11-13-20)25-21-14-34(16(2)3)24-9-7-8-22(26(21)24)33-23-15-35(18(5)36)29(37)27(23)25/h7-14,16,25,33H,6,15H2,1-5H3. The van der Waals surface area contributed by atoms with E-state index < -0.39 is 11.9 Å². The molecule has 1 atom stereocenters. The molecule has 4 heterocycles. The number of aryl methyl sites for hydroxylation is 1. The Kier molecular flexibility index (Phi) is 6.65. The molecule has 0 fully saturated rings. The minimum atomic E-state index is -0.417. The summed E-state index contributed by atoms with van der Waals surface area (Å²) in [6, 6.07) is 13.9. The zero-order chi connectivity index (χ0) is 29.0. The number of amides is 2. The fourth-order valence-electron chi connectivity index (χ4n) is 5.64. The highest BCUT2D eigenvalue weighted by Gasteiger charge is 2.41. The molecule has 10 heteroatoms. The van der Waals surface area contributed by atoms with Crippen molar-refractivity contribution in [3.05, 3.63) is 81.6 Å². The van der Waals surface area contributed by atoms with E-state index in [-0.39, 0.29) is 31.0 Å². The Morgan fingerprint density at radius 3 is 2.61 bits per heavy atom. The van der Waals surface area contributed by atoms with Gasteiger partial charge in [-0.15, -0.1) is 0 Å². The first-order chi connectivity index (χ1) is 19.7. The number of imide groups is 1. The van der Waals surface area contributed by atoms with Gasteiger partial charge in [0.1, 0.15) is 10.6 Å². The van der Waals surface area contributed by atoms with Crippen molar-refractivity contribution >= 4 is 45.7 Å². The van der Waals surface area contributed by atoms with Gasteiger partial charge in [-0.3, -0.25) is 14.5 Å². The molecule has 9 nitrogen and oxygen atoms in total. The van der Waals surface area contributed by atoms with Gasteiger partial charge in [-0.05, 0) is 63.1 Å². The third-order valence-corrected chi connectivity index (χ3v) is 8.50. The number of nitrogens with one attached hydrogen (secondary N) is 1. The number of carbonyl (C=O) groups is 3. The second kappa shape index (κ2) is 10.2. The van der Waals surface area contributed by atoms with E-state index in [1.807, 2.05) is 36.4 Å². The smallest absolute Gasteiger partial charge is 0.350 e. The third-order valence-electron chi connectivity index (χ3n) is 7.48. The Balaban J connectivity index is 1.42. The number of aromatic nitrogens is 2. The van der Waals surface area contributed by atoms with Gasteiger partial charge < -0.3 is 19.4 Å². The van der Waals surface area contributed by atoms with Crippen LogP contribution in [0.5, 0.6) is 10.9 Å². The second-order valence-corrected chi connectivity index (χ2v) is 11.4. The van der Waals surface area contributed by atoms with E-state index in [0.717, 1.165) is 44.8 Å². The lowest BCUT2D eigenvalue weighted by atomic mass is 9.84. The quantitative estimate of drug-likeness (QED) is 0.277. The Labute approximate surface area is 241 Å². The lowest BCUT2D eigenvalue weighted by Crippen LogP contribution is -2.33. The summed E-state index contributed by atoms with van der Waals surface area (Å²) in [5.74, 6) is -0.835. The molecule has 2 aliphatic heterocycles. The summed E-state index contributed by atoms with van der Waals surface area (Å²) in [6.07, 6.45) is 2.13. The van der Waals surface area contributed by atoms with E-state index in [0.29, 0.717) is 27.1 Å². The van der Waals surface area contributed by atoms with E-state index >= 15 is 0 Å². The number of benzene rings is 2. The van der Waals surface area contributed by atoms with Crippen LogP contribution in [0.25, 0.3) is 10.9 Å². The molecular weight excluding hydrogens is 540 g/mol. The summed E-state index contributed by atoms with van der Waals surface area (Å²) < 4.78 is 13.3. The van der Waals surface area contributed by atoms with Crippen LogP contribution < -0.4 is 10.1 Å². The Morgan fingerprint density at radius 2 is 1.93 bits per heavy atom. The summed E-state index contributed by atoms with van der Waals surface area (Å²) in [5.41, 5.74) is 5.76. The second-order valence-electron chi connectivity index (χ2n) is 10.4. The SMILES string of the molecule is CCOC(=O)c1sc(Oc2ccc(C3C4=C(CN(C(C)=O)C4=O)Nc4cccc5c4c3cn5C(C)C)cc2)nc1C. The summed E-state index contributed by atoms with van der Waals surface area (Å²) >= 11 is 1.14. The molecular formula is C31H30N4O5S. The number of esters is 1. The monoisotopic (exact) mass is 570 g/mol. The van der Waals surface area contributed by atoms with Gasteiger partial charge >= 0.3 is 5.97 Å². The van der Waals surface area contributed by atoms with Gasteiger partial charge in [-0.25, -0.2) is 9.78 Å². The number of nitrogens with zero attached hydrogens (tertiary/aromatic N) is 3. The molecule has 41 heavy (non-hydrogen) atoms. The van der Waals surface area contributed by atoms with Crippen LogP contribution in [0, 0.1) is 6.92 Å². The van der Waals surface area contributed by atoms with Gasteiger partial charge in [0.25, 0.3) is 11.1 Å².